The Morgan fingerprint density at radius 2 is 1.64 bits per heavy atom. The van der Waals surface area contributed by atoms with Crippen molar-refractivity contribution in [1.82, 2.24) is 19.4 Å². The van der Waals surface area contributed by atoms with Gasteiger partial charge in [0, 0.05) is 55.3 Å². The minimum absolute atomic E-state index is 0.157. The van der Waals surface area contributed by atoms with E-state index in [9.17, 15) is 4.79 Å². The van der Waals surface area contributed by atoms with E-state index in [2.05, 4.69) is 39.1 Å². The largest absolute Gasteiger partial charge is 0.497 e. The summed E-state index contributed by atoms with van der Waals surface area (Å²) < 4.78 is 7.29. The molecule has 5 rings (SSSR count). The van der Waals surface area contributed by atoms with E-state index >= 15 is 0 Å². The van der Waals surface area contributed by atoms with Gasteiger partial charge in [0.25, 0.3) is 0 Å². The van der Waals surface area contributed by atoms with Crippen LogP contribution in [0.3, 0.4) is 0 Å². The number of rotatable bonds is 5. The topological polar surface area (TPSA) is 63.5 Å². The molecule has 1 aliphatic heterocycles. The third-order valence-corrected chi connectivity index (χ3v) is 6.39. The third kappa shape index (κ3) is 4.02. The highest BCUT2D eigenvalue weighted by Crippen LogP contribution is 2.29. The number of anilines is 1. The van der Waals surface area contributed by atoms with Crippen LogP contribution in [-0.2, 0) is 11.2 Å². The minimum Gasteiger partial charge on any atom is -0.497 e. The van der Waals surface area contributed by atoms with Crippen molar-refractivity contribution in [3.63, 3.8) is 0 Å². The van der Waals surface area contributed by atoms with Crippen LogP contribution >= 0.6 is 0 Å². The van der Waals surface area contributed by atoms with Crippen molar-refractivity contribution in [3.05, 3.63) is 78.2 Å². The van der Waals surface area contributed by atoms with Gasteiger partial charge in [-0.15, -0.1) is 0 Å². The van der Waals surface area contributed by atoms with E-state index < -0.39 is 0 Å². The van der Waals surface area contributed by atoms with Crippen LogP contribution in [0.25, 0.3) is 16.9 Å². The van der Waals surface area contributed by atoms with Gasteiger partial charge in [-0.2, -0.15) is 0 Å². The molecule has 0 saturated carbocycles. The van der Waals surface area contributed by atoms with Gasteiger partial charge in [0.1, 0.15) is 5.75 Å². The number of amides is 1. The number of hydrogen-bond acceptors (Lipinski definition) is 5. The van der Waals surface area contributed by atoms with E-state index in [0.29, 0.717) is 25.5 Å². The van der Waals surface area contributed by atoms with Crippen LogP contribution in [0.4, 0.5) is 5.69 Å². The molecule has 0 bridgehead atoms. The van der Waals surface area contributed by atoms with Gasteiger partial charge >= 0.3 is 0 Å². The lowest BCUT2D eigenvalue weighted by atomic mass is 10.1. The molecule has 33 heavy (non-hydrogen) atoms. The number of methoxy groups -OCH3 is 1. The fourth-order valence-corrected chi connectivity index (χ4v) is 4.59. The van der Waals surface area contributed by atoms with Crippen LogP contribution in [0.2, 0.25) is 0 Å². The molecule has 2 aromatic carbocycles. The zero-order valence-corrected chi connectivity index (χ0v) is 18.9. The summed E-state index contributed by atoms with van der Waals surface area (Å²) in [6.45, 7) is 5.10. The highest BCUT2D eigenvalue weighted by molar-refractivity contribution is 5.91. The molecular weight excluding hydrogens is 414 g/mol. The number of ether oxygens (including phenoxy) is 1. The maximum absolute atomic E-state index is 13.3. The molecule has 4 aromatic rings. The van der Waals surface area contributed by atoms with Crippen LogP contribution in [0.5, 0.6) is 5.75 Å². The molecule has 1 saturated heterocycles. The zero-order valence-electron chi connectivity index (χ0n) is 18.9. The number of benzene rings is 2. The first-order chi connectivity index (χ1) is 16.2. The van der Waals surface area contributed by atoms with Crippen molar-refractivity contribution in [2.24, 2.45) is 0 Å². The number of para-hydroxylation sites is 1. The van der Waals surface area contributed by atoms with Crippen LogP contribution < -0.4 is 9.64 Å². The molecule has 7 heteroatoms. The summed E-state index contributed by atoms with van der Waals surface area (Å²) >= 11 is 0. The first-order valence-electron chi connectivity index (χ1n) is 11.2. The van der Waals surface area contributed by atoms with E-state index in [1.165, 1.54) is 0 Å². The Morgan fingerprint density at radius 1 is 0.939 bits per heavy atom. The van der Waals surface area contributed by atoms with E-state index in [1.54, 1.807) is 25.6 Å². The summed E-state index contributed by atoms with van der Waals surface area (Å²) in [5.41, 5.74) is 4.23. The number of piperazine rings is 1. The number of hydrogen-bond donors (Lipinski definition) is 0. The number of carbonyl (C=O) groups excluding carboxylic acids is 1. The zero-order chi connectivity index (χ0) is 22.8. The van der Waals surface area contributed by atoms with Crippen molar-refractivity contribution >= 4 is 22.5 Å². The molecule has 3 heterocycles. The molecule has 2 aromatic heterocycles. The first kappa shape index (κ1) is 21.0. The molecule has 1 aliphatic rings. The Kier molecular flexibility index (Phi) is 5.69. The predicted octanol–water partition coefficient (Wildman–Crippen LogP) is 3.63. The average Bonchev–Trinajstić information content (AvgIpc) is 3.15. The summed E-state index contributed by atoms with van der Waals surface area (Å²) in [4.78, 5) is 26.4. The lowest BCUT2D eigenvalue weighted by Crippen LogP contribution is -2.49. The number of nitrogens with zero attached hydrogens (tertiary/aromatic N) is 5. The van der Waals surface area contributed by atoms with Gasteiger partial charge in [0.05, 0.1) is 19.0 Å². The lowest BCUT2D eigenvalue weighted by molar-refractivity contribution is -0.130. The number of aromatic nitrogens is 3. The maximum atomic E-state index is 13.3. The SMILES string of the molecule is COc1ccc(N2CCN(C(=O)Cc3c(C)n(-c4ncccn4)c4ccccc34)CC2)cc1. The van der Waals surface area contributed by atoms with Gasteiger partial charge in [-0.1, -0.05) is 18.2 Å². The van der Waals surface area contributed by atoms with Crippen molar-refractivity contribution < 1.29 is 9.53 Å². The van der Waals surface area contributed by atoms with E-state index in [1.807, 2.05) is 40.7 Å². The molecule has 0 N–H and O–H groups in total. The fraction of sp³-hybridized carbons (Fsp3) is 0.269. The second kappa shape index (κ2) is 8.94. The van der Waals surface area contributed by atoms with E-state index in [0.717, 1.165) is 46.7 Å². The Hall–Kier alpha value is -3.87. The highest BCUT2D eigenvalue weighted by atomic mass is 16.5. The Bertz CT molecular complexity index is 1260. The highest BCUT2D eigenvalue weighted by Gasteiger charge is 2.24. The van der Waals surface area contributed by atoms with Crippen LogP contribution in [0, 0.1) is 6.92 Å². The summed E-state index contributed by atoms with van der Waals surface area (Å²) in [5, 5.41) is 1.08. The van der Waals surface area contributed by atoms with Gasteiger partial charge in [-0.3, -0.25) is 9.36 Å². The van der Waals surface area contributed by atoms with Crippen molar-refractivity contribution in [1.29, 1.82) is 0 Å². The second-order valence-corrected chi connectivity index (χ2v) is 8.21. The van der Waals surface area contributed by atoms with E-state index in [4.69, 9.17) is 4.74 Å². The molecule has 0 unspecified atom stereocenters. The Morgan fingerprint density at radius 3 is 2.33 bits per heavy atom. The molecule has 0 atom stereocenters. The summed E-state index contributed by atoms with van der Waals surface area (Å²) in [6, 6.07) is 18.0. The predicted molar refractivity (Wildman–Crippen MR) is 129 cm³/mol. The van der Waals surface area contributed by atoms with E-state index in [-0.39, 0.29) is 5.91 Å². The molecule has 168 valence electrons. The first-order valence-corrected chi connectivity index (χ1v) is 11.2. The summed E-state index contributed by atoms with van der Waals surface area (Å²) in [5.74, 6) is 1.63. The smallest absolute Gasteiger partial charge is 0.234 e. The summed E-state index contributed by atoms with van der Waals surface area (Å²) in [6.07, 6.45) is 3.85. The second-order valence-electron chi connectivity index (χ2n) is 8.21. The standard InChI is InChI=1S/C26H27N5O2/c1-19-23(22-6-3-4-7-24(22)31(19)26-27-12-5-13-28-26)18-25(32)30-16-14-29(15-17-30)20-8-10-21(33-2)11-9-20/h3-13H,14-18H2,1-2H3. The monoisotopic (exact) mass is 441 g/mol. The van der Waals surface area contributed by atoms with Gasteiger partial charge in [0.2, 0.25) is 11.9 Å². The fourth-order valence-electron chi connectivity index (χ4n) is 4.59. The molecule has 1 amide bonds. The maximum Gasteiger partial charge on any atom is 0.234 e. The van der Waals surface area contributed by atoms with Gasteiger partial charge < -0.3 is 14.5 Å². The molecule has 1 fully saturated rings. The van der Waals surface area contributed by atoms with Crippen molar-refractivity contribution in [2.45, 2.75) is 13.3 Å². The van der Waals surface area contributed by atoms with Gasteiger partial charge in [-0.25, -0.2) is 9.97 Å². The molecule has 0 radical (unpaired) electrons. The average molecular weight is 442 g/mol. The normalized spacial score (nSPS) is 14.0. The van der Waals surface area contributed by atoms with Gasteiger partial charge in [0.15, 0.2) is 0 Å². The minimum atomic E-state index is 0.157. The third-order valence-electron chi connectivity index (χ3n) is 6.39. The number of carbonyl (C=O) groups is 1. The molecule has 7 nitrogen and oxygen atoms in total. The van der Waals surface area contributed by atoms with Crippen LogP contribution in [-0.4, -0.2) is 58.6 Å². The number of fused-ring (bicyclic) bond motifs is 1. The summed E-state index contributed by atoms with van der Waals surface area (Å²) in [7, 11) is 1.67. The Labute approximate surface area is 193 Å². The Balaban J connectivity index is 1.33. The molecule has 0 spiro atoms. The lowest BCUT2D eigenvalue weighted by Gasteiger charge is -2.36. The van der Waals surface area contributed by atoms with Crippen molar-refractivity contribution in [2.75, 3.05) is 38.2 Å². The van der Waals surface area contributed by atoms with Crippen LogP contribution in [0.1, 0.15) is 11.3 Å². The van der Waals surface area contributed by atoms with Crippen LogP contribution in [0.15, 0.2) is 67.0 Å². The van der Waals surface area contributed by atoms with Crippen molar-refractivity contribution in [3.8, 4) is 11.7 Å². The quantitative estimate of drug-likeness (QED) is 0.473. The van der Waals surface area contributed by atoms with Gasteiger partial charge in [-0.05, 0) is 48.9 Å². The molecule has 0 aliphatic carbocycles. The molecular formula is C26H27N5O2.